The molecule has 0 aromatic heterocycles. The van der Waals surface area contributed by atoms with E-state index in [4.69, 9.17) is 18.9 Å². The normalized spacial score (nSPS) is 15.3. The van der Waals surface area contributed by atoms with E-state index in [1.54, 1.807) is 31.3 Å². The summed E-state index contributed by atoms with van der Waals surface area (Å²) in [5, 5.41) is 19.9. The molecule has 1 aliphatic rings. The summed E-state index contributed by atoms with van der Waals surface area (Å²) >= 11 is 5.78. The number of hydrazone groups is 1. The van der Waals surface area contributed by atoms with Crippen molar-refractivity contribution in [3.05, 3.63) is 96.7 Å². The first-order chi connectivity index (χ1) is 21.2. The Bertz CT molecular complexity index is 1530. The molecule has 11 nitrogen and oxygen atoms in total. The largest absolute Gasteiger partial charge is 0.490 e. The van der Waals surface area contributed by atoms with E-state index in [9.17, 15) is 14.7 Å². The number of aliphatic hydroxyl groups is 1. The Kier molecular flexibility index (Phi) is 11.9. The molecule has 3 aromatic carbocycles. The first-order valence-electron chi connectivity index (χ1n) is 13.6. The van der Waals surface area contributed by atoms with Crippen LogP contribution in [0.5, 0.6) is 17.2 Å². The standard InChI is InChI=1S/C31H32BrIN4O7/c1-4-42-25-14-21(28-27(30(39)41-3)18(2)35-31(40)36-28)10-11-24(25)43-17-26(38)37-34-15-20-12-22(32)29(23(33)13-20)44-16-19-8-6-5-7-9-19/h5-15,26,28,37-38H,4,16-17H2,1-3H3,(H2,35,36,40)/b34-15-/t26-,28-/m0/s1. The fourth-order valence-electron chi connectivity index (χ4n) is 4.34. The number of nitrogens with zero attached hydrogens (tertiary/aromatic N) is 1. The maximum atomic E-state index is 12.4. The fourth-order valence-corrected chi connectivity index (χ4v) is 6.11. The van der Waals surface area contributed by atoms with Gasteiger partial charge in [0.25, 0.3) is 0 Å². The van der Waals surface area contributed by atoms with Crippen molar-refractivity contribution in [1.82, 2.24) is 16.1 Å². The van der Waals surface area contributed by atoms with Gasteiger partial charge >= 0.3 is 12.0 Å². The molecule has 0 fully saturated rings. The van der Waals surface area contributed by atoms with Gasteiger partial charge < -0.3 is 34.7 Å². The average Bonchev–Trinajstić information content (AvgIpc) is 3.00. The quantitative estimate of drug-likeness (QED) is 0.0615. The Morgan fingerprint density at radius 2 is 1.91 bits per heavy atom. The highest BCUT2D eigenvalue weighted by atomic mass is 127. The average molecular weight is 779 g/mol. The minimum atomic E-state index is -1.13. The number of carbonyl (C=O) groups is 2. The second-order valence-electron chi connectivity index (χ2n) is 9.50. The third kappa shape index (κ3) is 8.64. The molecule has 0 saturated carbocycles. The molecular formula is C31H32BrIN4O7. The molecule has 3 aromatic rings. The van der Waals surface area contributed by atoms with Gasteiger partial charge in [-0.05, 0) is 93.3 Å². The van der Waals surface area contributed by atoms with E-state index in [1.807, 2.05) is 49.4 Å². The first kappa shape index (κ1) is 33.1. The topological polar surface area (TPSA) is 140 Å². The van der Waals surface area contributed by atoms with Crippen LogP contribution in [-0.2, 0) is 16.1 Å². The molecule has 13 heteroatoms. The summed E-state index contributed by atoms with van der Waals surface area (Å²) < 4.78 is 24.2. The highest BCUT2D eigenvalue weighted by Gasteiger charge is 2.32. The zero-order valence-electron chi connectivity index (χ0n) is 24.2. The lowest BCUT2D eigenvalue weighted by molar-refractivity contribution is -0.136. The number of amides is 2. The lowest BCUT2D eigenvalue weighted by atomic mass is 9.95. The number of rotatable bonds is 13. The molecule has 0 aliphatic carbocycles. The number of allylic oxidation sites excluding steroid dienone is 1. The third-order valence-electron chi connectivity index (χ3n) is 6.36. The zero-order chi connectivity index (χ0) is 31.6. The number of aliphatic hydroxyl groups excluding tert-OH is 1. The van der Waals surface area contributed by atoms with Crippen LogP contribution in [0.1, 0.15) is 36.6 Å². The van der Waals surface area contributed by atoms with Crippen molar-refractivity contribution in [3.8, 4) is 17.2 Å². The molecule has 4 rings (SSSR count). The summed E-state index contributed by atoms with van der Waals surface area (Å²) in [4.78, 5) is 24.6. The zero-order valence-corrected chi connectivity index (χ0v) is 28.0. The number of benzene rings is 3. The monoisotopic (exact) mass is 778 g/mol. The molecule has 0 spiro atoms. The van der Waals surface area contributed by atoms with Crippen LogP contribution in [0.3, 0.4) is 0 Å². The van der Waals surface area contributed by atoms with Gasteiger partial charge in [-0.2, -0.15) is 5.10 Å². The smallest absolute Gasteiger partial charge is 0.337 e. The Labute approximate surface area is 277 Å². The number of nitrogens with one attached hydrogen (secondary N) is 3. The van der Waals surface area contributed by atoms with Crippen LogP contribution in [0.25, 0.3) is 0 Å². The lowest BCUT2D eigenvalue weighted by Gasteiger charge is -2.28. The van der Waals surface area contributed by atoms with Gasteiger partial charge in [-0.3, -0.25) is 5.43 Å². The van der Waals surface area contributed by atoms with Gasteiger partial charge in [0.15, 0.2) is 17.7 Å². The molecule has 0 saturated heterocycles. The molecule has 0 bridgehead atoms. The van der Waals surface area contributed by atoms with Gasteiger partial charge in [-0.15, -0.1) is 0 Å². The number of carbonyl (C=O) groups excluding carboxylic acids is 2. The van der Waals surface area contributed by atoms with Crippen LogP contribution in [0.2, 0.25) is 0 Å². The molecule has 4 N–H and O–H groups in total. The summed E-state index contributed by atoms with van der Waals surface area (Å²) in [6.07, 6.45) is 0.454. The molecule has 2 amide bonds. The summed E-state index contributed by atoms with van der Waals surface area (Å²) in [5.41, 5.74) is 5.78. The summed E-state index contributed by atoms with van der Waals surface area (Å²) in [7, 11) is 1.28. The van der Waals surface area contributed by atoms with Crippen molar-refractivity contribution in [2.75, 3.05) is 20.3 Å². The van der Waals surface area contributed by atoms with E-state index >= 15 is 0 Å². The van der Waals surface area contributed by atoms with E-state index in [0.29, 0.717) is 36.0 Å². The van der Waals surface area contributed by atoms with Crippen LogP contribution >= 0.6 is 38.5 Å². The molecular weight excluding hydrogens is 747 g/mol. The highest BCUT2D eigenvalue weighted by molar-refractivity contribution is 14.1. The van der Waals surface area contributed by atoms with Crippen LogP contribution in [0.4, 0.5) is 4.79 Å². The maximum absolute atomic E-state index is 12.4. The van der Waals surface area contributed by atoms with Gasteiger partial charge in [-0.1, -0.05) is 36.4 Å². The Morgan fingerprint density at radius 3 is 2.61 bits per heavy atom. The van der Waals surface area contributed by atoms with E-state index in [1.165, 1.54) is 7.11 Å². The lowest BCUT2D eigenvalue weighted by Crippen LogP contribution is -2.45. The number of halogens is 2. The molecule has 232 valence electrons. The number of methoxy groups -OCH3 is 1. The minimum Gasteiger partial charge on any atom is -0.490 e. The molecule has 1 aliphatic heterocycles. The molecule has 2 atom stereocenters. The number of ether oxygens (including phenoxy) is 4. The first-order valence-corrected chi connectivity index (χ1v) is 15.5. The van der Waals surface area contributed by atoms with Gasteiger partial charge in [0.05, 0.1) is 39.6 Å². The van der Waals surface area contributed by atoms with Crippen molar-refractivity contribution in [2.45, 2.75) is 32.7 Å². The van der Waals surface area contributed by atoms with Crippen molar-refractivity contribution in [1.29, 1.82) is 0 Å². The van der Waals surface area contributed by atoms with Gasteiger partial charge in [-0.25, -0.2) is 9.59 Å². The van der Waals surface area contributed by atoms with Crippen molar-refractivity contribution < 1.29 is 33.6 Å². The molecule has 1 heterocycles. The van der Waals surface area contributed by atoms with Crippen molar-refractivity contribution in [2.24, 2.45) is 5.10 Å². The molecule has 0 unspecified atom stereocenters. The summed E-state index contributed by atoms with van der Waals surface area (Å²) in [5.74, 6) is 0.914. The second-order valence-corrected chi connectivity index (χ2v) is 11.5. The van der Waals surface area contributed by atoms with Gasteiger partial charge in [0.2, 0.25) is 0 Å². The summed E-state index contributed by atoms with van der Waals surface area (Å²) in [6.45, 7) is 4.10. The Morgan fingerprint density at radius 1 is 1.14 bits per heavy atom. The predicted molar refractivity (Wildman–Crippen MR) is 177 cm³/mol. The molecule has 0 radical (unpaired) electrons. The molecule has 44 heavy (non-hydrogen) atoms. The van der Waals surface area contributed by atoms with Crippen LogP contribution < -0.4 is 30.3 Å². The van der Waals surface area contributed by atoms with E-state index in [2.05, 4.69) is 59.7 Å². The third-order valence-corrected chi connectivity index (χ3v) is 7.75. The van der Waals surface area contributed by atoms with E-state index in [0.717, 1.165) is 24.9 Å². The number of esters is 1. The number of hydrogen-bond donors (Lipinski definition) is 4. The summed E-state index contributed by atoms with van der Waals surface area (Å²) in [6, 6.07) is 17.5. The van der Waals surface area contributed by atoms with E-state index < -0.39 is 24.3 Å². The Hall–Kier alpha value is -3.82. The highest BCUT2D eigenvalue weighted by Crippen LogP contribution is 2.35. The Balaban J connectivity index is 1.37. The van der Waals surface area contributed by atoms with Gasteiger partial charge in [0.1, 0.15) is 19.0 Å². The predicted octanol–water partition coefficient (Wildman–Crippen LogP) is 5.15. The van der Waals surface area contributed by atoms with Crippen LogP contribution in [-0.4, -0.2) is 49.9 Å². The van der Waals surface area contributed by atoms with Crippen molar-refractivity contribution >= 4 is 56.7 Å². The van der Waals surface area contributed by atoms with Crippen LogP contribution in [0.15, 0.2) is 81.5 Å². The van der Waals surface area contributed by atoms with Crippen LogP contribution in [0, 0.1) is 3.57 Å². The fraction of sp³-hybridized carbons (Fsp3) is 0.258. The SMILES string of the molecule is CCOc1cc([C@@H]2NC(=O)NC(C)=C2C(=O)OC)ccc1OC[C@H](O)N/N=C\c1cc(Br)c(OCc2ccccc2)c(I)c1. The number of hydrogen-bond acceptors (Lipinski definition) is 9. The second kappa shape index (κ2) is 15.8. The van der Waals surface area contributed by atoms with Gasteiger partial charge in [0, 0.05) is 5.70 Å². The van der Waals surface area contributed by atoms with Crippen molar-refractivity contribution in [3.63, 3.8) is 0 Å². The van der Waals surface area contributed by atoms with E-state index in [-0.39, 0.29) is 12.2 Å². The number of urea groups is 1. The minimum absolute atomic E-state index is 0.138. The maximum Gasteiger partial charge on any atom is 0.337 e.